The van der Waals surface area contributed by atoms with Crippen molar-refractivity contribution in [2.45, 2.75) is 45.7 Å². The molecule has 0 aliphatic heterocycles. The van der Waals surface area contributed by atoms with Crippen LogP contribution < -0.4 is 5.32 Å². The Morgan fingerprint density at radius 3 is 2.33 bits per heavy atom. The molecule has 1 N–H and O–H groups in total. The van der Waals surface area contributed by atoms with Crippen molar-refractivity contribution in [1.29, 1.82) is 0 Å². The van der Waals surface area contributed by atoms with Crippen LogP contribution in [0, 0.1) is 0 Å². The van der Waals surface area contributed by atoms with Gasteiger partial charge in [-0.3, -0.25) is 4.79 Å². The van der Waals surface area contributed by atoms with Crippen LogP contribution in [0.3, 0.4) is 0 Å². The van der Waals surface area contributed by atoms with Crippen LogP contribution in [0.4, 0.5) is 0 Å². The SMILES string of the molecule is COC(=O)CC(C)NCc1ccc(C(C)C)cc1. The molecule has 0 saturated carbocycles. The zero-order chi connectivity index (χ0) is 13.5. The molecule has 0 saturated heterocycles. The molecule has 1 aromatic rings. The maximum Gasteiger partial charge on any atom is 0.307 e. The van der Waals surface area contributed by atoms with Gasteiger partial charge in [0.2, 0.25) is 0 Å². The Labute approximate surface area is 110 Å². The molecule has 0 aliphatic rings. The highest BCUT2D eigenvalue weighted by atomic mass is 16.5. The molecular weight excluding hydrogens is 226 g/mol. The van der Waals surface area contributed by atoms with Gasteiger partial charge in [0.1, 0.15) is 0 Å². The largest absolute Gasteiger partial charge is 0.469 e. The van der Waals surface area contributed by atoms with Crippen LogP contribution in [-0.4, -0.2) is 19.1 Å². The van der Waals surface area contributed by atoms with Gasteiger partial charge in [0, 0.05) is 12.6 Å². The van der Waals surface area contributed by atoms with Gasteiger partial charge < -0.3 is 10.1 Å². The third-order valence-corrected chi connectivity index (χ3v) is 3.00. The molecule has 1 rings (SSSR count). The van der Waals surface area contributed by atoms with Crippen molar-refractivity contribution in [3.8, 4) is 0 Å². The highest BCUT2D eigenvalue weighted by Crippen LogP contribution is 2.14. The van der Waals surface area contributed by atoms with E-state index in [2.05, 4.69) is 48.2 Å². The van der Waals surface area contributed by atoms with Gasteiger partial charge >= 0.3 is 5.97 Å². The first-order valence-corrected chi connectivity index (χ1v) is 6.42. The van der Waals surface area contributed by atoms with E-state index in [4.69, 9.17) is 0 Å². The number of benzene rings is 1. The van der Waals surface area contributed by atoms with E-state index in [9.17, 15) is 4.79 Å². The van der Waals surface area contributed by atoms with E-state index >= 15 is 0 Å². The molecule has 0 bridgehead atoms. The number of rotatable bonds is 6. The highest BCUT2D eigenvalue weighted by Gasteiger charge is 2.08. The highest BCUT2D eigenvalue weighted by molar-refractivity contribution is 5.69. The van der Waals surface area contributed by atoms with Crippen molar-refractivity contribution in [3.05, 3.63) is 35.4 Å². The minimum absolute atomic E-state index is 0.127. The maximum absolute atomic E-state index is 11.1. The van der Waals surface area contributed by atoms with Crippen molar-refractivity contribution < 1.29 is 9.53 Å². The van der Waals surface area contributed by atoms with E-state index in [1.54, 1.807) is 0 Å². The minimum Gasteiger partial charge on any atom is -0.469 e. The van der Waals surface area contributed by atoms with E-state index < -0.39 is 0 Å². The van der Waals surface area contributed by atoms with E-state index in [-0.39, 0.29) is 12.0 Å². The van der Waals surface area contributed by atoms with Gasteiger partial charge in [0.15, 0.2) is 0 Å². The molecule has 0 aromatic heterocycles. The van der Waals surface area contributed by atoms with E-state index in [1.165, 1.54) is 18.2 Å². The van der Waals surface area contributed by atoms with Crippen LogP contribution in [0.25, 0.3) is 0 Å². The zero-order valence-electron chi connectivity index (χ0n) is 11.7. The van der Waals surface area contributed by atoms with Gasteiger partial charge in [-0.2, -0.15) is 0 Å². The summed E-state index contributed by atoms with van der Waals surface area (Å²) in [5.74, 6) is 0.385. The van der Waals surface area contributed by atoms with Crippen LogP contribution in [0.15, 0.2) is 24.3 Å². The van der Waals surface area contributed by atoms with Crippen molar-refractivity contribution >= 4 is 5.97 Å². The number of methoxy groups -OCH3 is 1. The number of hydrogen-bond donors (Lipinski definition) is 1. The summed E-state index contributed by atoms with van der Waals surface area (Å²) in [4.78, 5) is 11.1. The van der Waals surface area contributed by atoms with Crippen molar-refractivity contribution in [2.24, 2.45) is 0 Å². The Kier molecular flexibility index (Phi) is 5.86. The van der Waals surface area contributed by atoms with Gasteiger partial charge in [-0.05, 0) is 24.0 Å². The molecule has 0 aliphatic carbocycles. The summed E-state index contributed by atoms with van der Waals surface area (Å²) in [7, 11) is 1.42. The second-order valence-electron chi connectivity index (χ2n) is 4.96. The predicted molar refractivity (Wildman–Crippen MR) is 73.5 cm³/mol. The number of ether oxygens (including phenoxy) is 1. The molecule has 3 heteroatoms. The number of hydrogen-bond acceptors (Lipinski definition) is 3. The van der Waals surface area contributed by atoms with Crippen LogP contribution in [0.5, 0.6) is 0 Å². The average molecular weight is 249 g/mol. The second kappa shape index (κ2) is 7.17. The van der Waals surface area contributed by atoms with Gasteiger partial charge in [0.25, 0.3) is 0 Å². The van der Waals surface area contributed by atoms with Crippen LogP contribution in [0.2, 0.25) is 0 Å². The molecule has 100 valence electrons. The average Bonchev–Trinajstić information content (AvgIpc) is 2.36. The Bertz CT molecular complexity index is 371. The molecular formula is C15H23NO2. The third kappa shape index (κ3) is 4.88. The molecule has 0 fully saturated rings. The second-order valence-corrected chi connectivity index (χ2v) is 4.96. The fraction of sp³-hybridized carbons (Fsp3) is 0.533. The maximum atomic E-state index is 11.1. The van der Waals surface area contributed by atoms with Gasteiger partial charge in [-0.25, -0.2) is 0 Å². The molecule has 0 amide bonds. The zero-order valence-corrected chi connectivity index (χ0v) is 11.7. The number of esters is 1. The Balaban J connectivity index is 2.41. The Morgan fingerprint density at radius 2 is 1.83 bits per heavy atom. The van der Waals surface area contributed by atoms with Crippen molar-refractivity contribution in [2.75, 3.05) is 7.11 Å². The fourth-order valence-electron chi connectivity index (χ4n) is 1.72. The molecule has 1 unspecified atom stereocenters. The summed E-state index contributed by atoms with van der Waals surface area (Å²) >= 11 is 0. The molecule has 18 heavy (non-hydrogen) atoms. The van der Waals surface area contributed by atoms with Crippen LogP contribution >= 0.6 is 0 Å². The van der Waals surface area contributed by atoms with Gasteiger partial charge in [0.05, 0.1) is 13.5 Å². The van der Waals surface area contributed by atoms with Crippen molar-refractivity contribution in [3.63, 3.8) is 0 Å². The summed E-state index contributed by atoms with van der Waals surface area (Å²) in [5, 5.41) is 3.31. The van der Waals surface area contributed by atoms with E-state index in [0.717, 1.165) is 6.54 Å². The van der Waals surface area contributed by atoms with Gasteiger partial charge in [-0.1, -0.05) is 38.1 Å². The first-order chi connectivity index (χ1) is 8.52. The lowest BCUT2D eigenvalue weighted by Crippen LogP contribution is -2.28. The summed E-state index contributed by atoms with van der Waals surface area (Å²) in [6.45, 7) is 7.13. The monoisotopic (exact) mass is 249 g/mol. The number of carbonyl (C=O) groups excluding carboxylic acids is 1. The summed E-state index contributed by atoms with van der Waals surface area (Å²) in [6.07, 6.45) is 0.403. The van der Waals surface area contributed by atoms with E-state index in [1.807, 2.05) is 6.92 Å². The topological polar surface area (TPSA) is 38.3 Å². The molecule has 0 radical (unpaired) electrons. The minimum atomic E-state index is -0.176. The normalized spacial score (nSPS) is 12.5. The third-order valence-electron chi connectivity index (χ3n) is 3.00. The Morgan fingerprint density at radius 1 is 1.22 bits per heavy atom. The lowest BCUT2D eigenvalue weighted by Gasteiger charge is -2.13. The predicted octanol–water partition coefficient (Wildman–Crippen LogP) is 2.85. The summed E-state index contributed by atoms with van der Waals surface area (Å²) < 4.78 is 4.64. The quantitative estimate of drug-likeness (QED) is 0.788. The lowest BCUT2D eigenvalue weighted by atomic mass is 10.0. The van der Waals surface area contributed by atoms with E-state index in [0.29, 0.717) is 12.3 Å². The first-order valence-electron chi connectivity index (χ1n) is 6.42. The molecule has 1 atom stereocenters. The van der Waals surface area contributed by atoms with Gasteiger partial charge in [-0.15, -0.1) is 0 Å². The molecule has 1 aromatic carbocycles. The smallest absolute Gasteiger partial charge is 0.307 e. The lowest BCUT2D eigenvalue weighted by molar-refractivity contribution is -0.141. The first kappa shape index (κ1) is 14.7. The number of carbonyl (C=O) groups is 1. The standard InChI is InChI=1S/C15H23NO2/c1-11(2)14-7-5-13(6-8-14)10-16-12(3)9-15(17)18-4/h5-8,11-12,16H,9-10H2,1-4H3. The molecule has 0 spiro atoms. The fourth-order valence-corrected chi connectivity index (χ4v) is 1.72. The summed E-state index contributed by atoms with van der Waals surface area (Å²) in [6, 6.07) is 8.71. The molecule has 0 heterocycles. The van der Waals surface area contributed by atoms with Crippen LogP contribution in [0.1, 0.15) is 44.2 Å². The molecule has 3 nitrogen and oxygen atoms in total. The summed E-state index contributed by atoms with van der Waals surface area (Å²) in [5.41, 5.74) is 2.58. The Hall–Kier alpha value is -1.35. The van der Waals surface area contributed by atoms with Crippen molar-refractivity contribution in [1.82, 2.24) is 5.32 Å². The number of nitrogens with one attached hydrogen (secondary N) is 1. The van der Waals surface area contributed by atoms with Crippen LogP contribution in [-0.2, 0) is 16.1 Å².